The molecule has 0 aliphatic heterocycles. The summed E-state index contributed by atoms with van der Waals surface area (Å²) in [7, 11) is 3.27. The van der Waals surface area contributed by atoms with Gasteiger partial charge in [0.2, 0.25) is 0 Å². The first kappa shape index (κ1) is 19.4. The minimum Gasteiger partial charge on any atom is -0.493 e. The number of rotatable bonds is 7. The Bertz CT molecular complexity index is 674. The van der Waals surface area contributed by atoms with Crippen LogP contribution in [0.4, 0.5) is 0 Å². The van der Waals surface area contributed by atoms with Gasteiger partial charge in [0.1, 0.15) is 12.4 Å². The van der Waals surface area contributed by atoms with Crippen molar-refractivity contribution < 1.29 is 14.2 Å². The van der Waals surface area contributed by atoms with E-state index >= 15 is 0 Å². The Morgan fingerprint density at radius 1 is 1.00 bits per heavy atom. The number of benzene rings is 2. The number of hydrogen-bond donors (Lipinski definition) is 1. The number of nitrogens with two attached hydrogens (primary N) is 1. The van der Waals surface area contributed by atoms with E-state index < -0.39 is 0 Å². The molecule has 0 amide bonds. The molecule has 1 saturated carbocycles. The average molecular weight is 364 g/mol. The lowest BCUT2D eigenvalue weighted by Gasteiger charge is -2.32. The summed E-state index contributed by atoms with van der Waals surface area (Å²) in [5.41, 5.74) is 8.62. The molecule has 5 heteroatoms. The molecule has 2 aromatic rings. The van der Waals surface area contributed by atoms with E-state index in [-0.39, 0.29) is 18.4 Å². The van der Waals surface area contributed by atoms with Gasteiger partial charge in [0, 0.05) is 17.7 Å². The van der Waals surface area contributed by atoms with Gasteiger partial charge in [-0.05, 0) is 30.4 Å². The second kappa shape index (κ2) is 8.97. The van der Waals surface area contributed by atoms with E-state index in [1.54, 1.807) is 14.2 Å². The third-order valence-electron chi connectivity index (χ3n) is 4.77. The lowest BCUT2D eigenvalue weighted by Crippen LogP contribution is -2.27. The van der Waals surface area contributed by atoms with E-state index in [1.807, 2.05) is 42.5 Å². The van der Waals surface area contributed by atoms with Gasteiger partial charge in [0.25, 0.3) is 0 Å². The highest BCUT2D eigenvalue weighted by molar-refractivity contribution is 5.85. The predicted octanol–water partition coefficient (Wildman–Crippen LogP) is 4.50. The van der Waals surface area contributed by atoms with Crippen LogP contribution in [0.5, 0.6) is 17.2 Å². The van der Waals surface area contributed by atoms with Gasteiger partial charge < -0.3 is 19.9 Å². The van der Waals surface area contributed by atoms with Crippen molar-refractivity contribution in [2.75, 3.05) is 14.2 Å². The van der Waals surface area contributed by atoms with Crippen LogP contribution in [0.3, 0.4) is 0 Å². The molecule has 1 fully saturated rings. The van der Waals surface area contributed by atoms with Gasteiger partial charge in [-0.2, -0.15) is 0 Å². The fourth-order valence-electron chi connectivity index (χ4n) is 3.05. The van der Waals surface area contributed by atoms with Crippen LogP contribution in [0.1, 0.15) is 36.4 Å². The van der Waals surface area contributed by atoms with Crippen LogP contribution in [0, 0.1) is 5.92 Å². The van der Waals surface area contributed by atoms with Crippen molar-refractivity contribution in [3.63, 3.8) is 0 Å². The molecule has 3 rings (SSSR count). The second-order valence-electron chi connectivity index (χ2n) is 6.24. The highest BCUT2D eigenvalue weighted by atomic mass is 35.5. The van der Waals surface area contributed by atoms with Crippen molar-refractivity contribution in [3.05, 3.63) is 53.6 Å². The molecule has 136 valence electrons. The molecule has 25 heavy (non-hydrogen) atoms. The Hall–Kier alpha value is -1.91. The summed E-state index contributed by atoms with van der Waals surface area (Å²) in [6, 6.07) is 13.9. The molecule has 4 nitrogen and oxygen atoms in total. The first-order valence-electron chi connectivity index (χ1n) is 8.41. The van der Waals surface area contributed by atoms with Crippen molar-refractivity contribution in [1.29, 1.82) is 0 Å². The van der Waals surface area contributed by atoms with E-state index in [0.717, 1.165) is 16.9 Å². The Morgan fingerprint density at radius 2 is 1.64 bits per heavy atom. The summed E-state index contributed by atoms with van der Waals surface area (Å²) >= 11 is 0. The molecule has 0 bridgehead atoms. The largest absolute Gasteiger partial charge is 0.493 e. The lowest BCUT2D eigenvalue weighted by molar-refractivity contribution is 0.249. The normalized spacial score (nSPS) is 14.8. The molecule has 1 atom stereocenters. The van der Waals surface area contributed by atoms with Gasteiger partial charge in [-0.1, -0.05) is 36.8 Å². The third kappa shape index (κ3) is 4.39. The zero-order valence-corrected chi connectivity index (χ0v) is 15.6. The number of methoxy groups -OCH3 is 2. The summed E-state index contributed by atoms with van der Waals surface area (Å²) < 4.78 is 16.9. The van der Waals surface area contributed by atoms with E-state index in [4.69, 9.17) is 19.9 Å². The van der Waals surface area contributed by atoms with Gasteiger partial charge in [-0.25, -0.2) is 0 Å². The maximum absolute atomic E-state index is 6.51. The van der Waals surface area contributed by atoms with Crippen LogP contribution >= 0.6 is 12.4 Å². The fraction of sp³-hybridized carbons (Fsp3) is 0.400. The highest BCUT2D eigenvalue weighted by Gasteiger charge is 2.29. The minimum atomic E-state index is -0.0377. The zero-order valence-electron chi connectivity index (χ0n) is 14.7. The minimum absolute atomic E-state index is 0. The molecule has 2 aromatic carbocycles. The first-order chi connectivity index (χ1) is 11.7. The fourth-order valence-corrected chi connectivity index (χ4v) is 3.05. The molecule has 0 radical (unpaired) electrons. The summed E-state index contributed by atoms with van der Waals surface area (Å²) in [6.45, 7) is 0.501. The Balaban J connectivity index is 0.00000225. The number of ether oxygens (including phenoxy) is 3. The van der Waals surface area contributed by atoms with Crippen LogP contribution in [-0.4, -0.2) is 14.2 Å². The quantitative estimate of drug-likeness (QED) is 0.786. The van der Waals surface area contributed by atoms with Gasteiger partial charge >= 0.3 is 0 Å². The molecule has 2 N–H and O–H groups in total. The highest BCUT2D eigenvalue weighted by Crippen LogP contribution is 2.43. The molecule has 0 heterocycles. The molecular formula is C20H26ClNO3. The molecule has 0 spiro atoms. The monoisotopic (exact) mass is 363 g/mol. The summed E-state index contributed by atoms with van der Waals surface area (Å²) in [5.74, 6) is 2.64. The van der Waals surface area contributed by atoms with Crippen molar-refractivity contribution in [2.45, 2.75) is 31.9 Å². The van der Waals surface area contributed by atoms with E-state index in [1.165, 1.54) is 19.3 Å². The molecule has 0 aromatic heterocycles. The summed E-state index contributed by atoms with van der Waals surface area (Å²) in [4.78, 5) is 0. The first-order valence-corrected chi connectivity index (χ1v) is 8.41. The lowest BCUT2D eigenvalue weighted by atomic mass is 9.77. The van der Waals surface area contributed by atoms with Gasteiger partial charge in [-0.15, -0.1) is 12.4 Å². The van der Waals surface area contributed by atoms with Crippen LogP contribution in [-0.2, 0) is 6.61 Å². The van der Waals surface area contributed by atoms with Crippen molar-refractivity contribution in [1.82, 2.24) is 0 Å². The predicted molar refractivity (Wildman–Crippen MR) is 102 cm³/mol. The Morgan fingerprint density at radius 3 is 2.20 bits per heavy atom. The van der Waals surface area contributed by atoms with Crippen molar-refractivity contribution in [2.24, 2.45) is 11.7 Å². The number of halogens is 1. The Labute approximate surface area is 155 Å². The van der Waals surface area contributed by atoms with Gasteiger partial charge in [0.15, 0.2) is 11.5 Å². The van der Waals surface area contributed by atoms with Gasteiger partial charge in [-0.3, -0.25) is 0 Å². The molecular weight excluding hydrogens is 338 g/mol. The third-order valence-corrected chi connectivity index (χ3v) is 4.77. The molecule has 1 aliphatic carbocycles. The Kier molecular flexibility index (Phi) is 6.97. The molecule has 0 unspecified atom stereocenters. The topological polar surface area (TPSA) is 53.7 Å². The maximum atomic E-state index is 6.51. The van der Waals surface area contributed by atoms with Crippen LogP contribution in [0.25, 0.3) is 0 Å². The zero-order chi connectivity index (χ0) is 16.9. The summed E-state index contributed by atoms with van der Waals surface area (Å²) in [6.07, 6.45) is 3.60. The van der Waals surface area contributed by atoms with Gasteiger partial charge in [0.05, 0.1) is 14.2 Å². The summed E-state index contributed by atoms with van der Waals surface area (Å²) in [5, 5.41) is 0. The van der Waals surface area contributed by atoms with Crippen LogP contribution in [0.15, 0.2) is 42.5 Å². The van der Waals surface area contributed by atoms with Crippen LogP contribution < -0.4 is 19.9 Å². The van der Waals surface area contributed by atoms with E-state index in [9.17, 15) is 0 Å². The SMILES string of the molecule is COc1cc(OCc2ccccc2)c([C@@H](N)C2CCC2)cc1OC.Cl. The molecule has 1 aliphatic rings. The smallest absolute Gasteiger partial charge is 0.164 e. The van der Waals surface area contributed by atoms with Crippen molar-refractivity contribution >= 4 is 12.4 Å². The van der Waals surface area contributed by atoms with E-state index in [2.05, 4.69) is 0 Å². The maximum Gasteiger partial charge on any atom is 0.164 e. The molecule has 0 saturated heterocycles. The van der Waals surface area contributed by atoms with Crippen molar-refractivity contribution in [3.8, 4) is 17.2 Å². The second-order valence-corrected chi connectivity index (χ2v) is 6.24. The van der Waals surface area contributed by atoms with E-state index in [0.29, 0.717) is 24.0 Å². The standard InChI is InChI=1S/C20H25NO3.ClH/c1-22-18-11-16(20(21)15-9-6-10-15)17(12-19(18)23-2)24-13-14-7-4-3-5-8-14;/h3-5,7-8,11-12,15,20H,6,9-10,13,21H2,1-2H3;1H/t20-;/m0./s1. The number of hydrogen-bond acceptors (Lipinski definition) is 4. The van der Waals surface area contributed by atoms with Crippen LogP contribution in [0.2, 0.25) is 0 Å². The average Bonchev–Trinajstić information content (AvgIpc) is 2.58.